The molecule has 1 unspecified atom stereocenters. The van der Waals surface area contributed by atoms with Crippen molar-refractivity contribution in [3.8, 4) is 0 Å². The molecule has 0 saturated carbocycles. The third-order valence-electron chi connectivity index (χ3n) is 3.37. The van der Waals surface area contributed by atoms with Crippen molar-refractivity contribution in [1.82, 2.24) is 5.32 Å². The molecule has 19 heavy (non-hydrogen) atoms. The monoisotopic (exact) mass is 364 g/mol. The molecule has 1 atom stereocenters. The van der Waals surface area contributed by atoms with Crippen LogP contribution in [0.25, 0.3) is 0 Å². The zero-order chi connectivity index (χ0) is 14.0. The molecule has 1 aromatic carbocycles. The van der Waals surface area contributed by atoms with Crippen LogP contribution < -0.4 is 10.2 Å². The SMILES string of the molecule is CC(C)CC1CN(c2ccc(Br)c(Cl)c2Cl)CCN1. The number of halogens is 3. The number of benzene rings is 1. The number of anilines is 1. The van der Waals surface area contributed by atoms with Gasteiger partial charge < -0.3 is 10.2 Å². The van der Waals surface area contributed by atoms with Gasteiger partial charge in [-0.1, -0.05) is 37.0 Å². The standard InChI is InChI=1S/C14H19BrCl2N2/c1-9(2)7-10-8-19(6-5-18-10)12-4-3-11(15)13(16)14(12)17/h3-4,9-10,18H,5-8H2,1-2H3. The summed E-state index contributed by atoms with van der Waals surface area (Å²) in [5.74, 6) is 0.696. The third kappa shape index (κ3) is 3.78. The van der Waals surface area contributed by atoms with E-state index < -0.39 is 0 Å². The maximum Gasteiger partial charge on any atom is 0.0837 e. The largest absolute Gasteiger partial charge is 0.367 e. The Morgan fingerprint density at radius 1 is 1.37 bits per heavy atom. The summed E-state index contributed by atoms with van der Waals surface area (Å²) in [4.78, 5) is 2.32. The Labute approximate surface area is 133 Å². The first-order chi connectivity index (χ1) is 8.99. The summed E-state index contributed by atoms with van der Waals surface area (Å²) in [7, 11) is 0. The van der Waals surface area contributed by atoms with E-state index in [1.807, 2.05) is 12.1 Å². The first kappa shape index (κ1) is 15.4. The lowest BCUT2D eigenvalue weighted by molar-refractivity contribution is 0.388. The summed E-state index contributed by atoms with van der Waals surface area (Å²) < 4.78 is 0.844. The van der Waals surface area contributed by atoms with Crippen LogP contribution in [0.4, 0.5) is 5.69 Å². The van der Waals surface area contributed by atoms with Gasteiger partial charge in [0.05, 0.1) is 15.7 Å². The van der Waals surface area contributed by atoms with Crippen molar-refractivity contribution in [1.29, 1.82) is 0 Å². The van der Waals surface area contributed by atoms with E-state index in [4.69, 9.17) is 23.2 Å². The molecule has 0 aromatic heterocycles. The van der Waals surface area contributed by atoms with Crippen LogP contribution in [-0.2, 0) is 0 Å². The molecule has 1 aromatic rings. The van der Waals surface area contributed by atoms with Crippen LogP contribution in [0, 0.1) is 5.92 Å². The van der Waals surface area contributed by atoms with Gasteiger partial charge in [0.25, 0.3) is 0 Å². The fourth-order valence-corrected chi connectivity index (χ4v) is 3.42. The van der Waals surface area contributed by atoms with Gasteiger partial charge in [-0.15, -0.1) is 0 Å². The smallest absolute Gasteiger partial charge is 0.0837 e. The lowest BCUT2D eigenvalue weighted by atomic mass is 10.0. The summed E-state index contributed by atoms with van der Waals surface area (Å²) in [6.45, 7) is 7.44. The topological polar surface area (TPSA) is 15.3 Å². The second kappa shape index (κ2) is 6.66. The van der Waals surface area contributed by atoms with Crippen molar-refractivity contribution in [2.45, 2.75) is 26.3 Å². The average Bonchev–Trinajstić information content (AvgIpc) is 2.36. The van der Waals surface area contributed by atoms with Crippen molar-refractivity contribution in [2.75, 3.05) is 24.5 Å². The van der Waals surface area contributed by atoms with Gasteiger partial charge in [0, 0.05) is 30.1 Å². The molecule has 0 radical (unpaired) electrons. The van der Waals surface area contributed by atoms with E-state index in [2.05, 4.69) is 40.0 Å². The summed E-state index contributed by atoms with van der Waals surface area (Å²) in [6.07, 6.45) is 1.18. The Bertz CT molecular complexity index is 451. The Balaban J connectivity index is 2.15. The van der Waals surface area contributed by atoms with Crippen molar-refractivity contribution in [2.24, 2.45) is 5.92 Å². The van der Waals surface area contributed by atoms with Crippen LogP contribution in [0.5, 0.6) is 0 Å². The van der Waals surface area contributed by atoms with E-state index in [0.717, 1.165) is 29.8 Å². The average molecular weight is 366 g/mol. The van der Waals surface area contributed by atoms with Crippen LogP contribution in [0.15, 0.2) is 16.6 Å². The van der Waals surface area contributed by atoms with E-state index in [9.17, 15) is 0 Å². The zero-order valence-corrected chi connectivity index (χ0v) is 14.3. The second-order valence-electron chi connectivity index (χ2n) is 5.42. The molecule has 1 fully saturated rings. The van der Waals surface area contributed by atoms with Crippen molar-refractivity contribution in [3.05, 3.63) is 26.7 Å². The Kier molecular flexibility index (Phi) is 5.41. The summed E-state index contributed by atoms with van der Waals surface area (Å²) in [5, 5.41) is 4.80. The van der Waals surface area contributed by atoms with Gasteiger partial charge in [-0.3, -0.25) is 0 Å². The van der Waals surface area contributed by atoms with Crippen molar-refractivity contribution in [3.63, 3.8) is 0 Å². The van der Waals surface area contributed by atoms with E-state index in [1.165, 1.54) is 6.42 Å². The highest BCUT2D eigenvalue weighted by molar-refractivity contribution is 9.10. The fourth-order valence-electron chi connectivity index (χ4n) is 2.53. The molecule has 0 aliphatic carbocycles. The Morgan fingerprint density at radius 3 is 2.79 bits per heavy atom. The number of hydrogen-bond acceptors (Lipinski definition) is 2. The number of hydrogen-bond donors (Lipinski definition) is 1. The molecular weight excluding hydrogens is 347 g/mol. The molecule has 0 spiro atoms. The van der Waals surface area contributed by atoms with Gasteiger partial charge >= 0.3 is 0 Å². The maximum atomic E-state index is 6.36. The molecule has 106 valence electrons. The van der Waals surface area contributed by atoms with E-state index in [1.54, 1.807) is 0 Å². The number of nitrogens with one attached hydrogen (secondary N) is 1. The summed E-state index contributed by atoms with van der Waals surface area (Å²) in [6, 6.07) is 4.52. The van der Waals surface area contributed by atoms with Gasteiger partial charge in [-0.2, -0.15) is 0 Å². The van der Waals surface area contributed by atoms with Gasteiger partial charge in [0.15, 0.2) is 0 Å². The van der Waals surface area contributed by atoms with Crippen LogP contribution in [-0.4, -0.2) is 25.7 Å². The van der Waals surface area contributed by atoms with Gasteiger partial charge in [-0.25, -0.2) is 0 Å². The molecule has 2 nitrogen and oxygen atoms in total. The first-order valence-electron chi connectivity index (χ1n) is 6.61. The molecule has 1 aliphatic heterocycles. The minimum Gasteiger partial charge on any atom is -0.367 e. The second-order valence-corrected chi connectivity index (χ2v) is 7.03. The maximum absolute atomic E-state index is 6.36. The fraction of sp³-hybridized carbons (Fsp3) is 0.571. The molecule has 1 heterocycles. The predicted molar refractivity (Wildman–Crippen MR) is 87.6 cm³/mol. The van der Waals surface area contributed by atoms with Gasteiger partial charge in [-0.05, 0) is 40.4 Å². The Morgan fingerprint density at radius 2 is 2.11 bits per heavy atom. The number of rotatable bonds is 3. The number of piperazine rings is 1. The third-order valence-corrected chi connectivity index (χ3v) is 5.13. The van der Waals surface area contributed by atoms with Crippen LogP contribution in [0.1, 0.15) is 20.3 Å². The molecule has 5 heteroatoms. The summed E-state index contributed by atoms with van der Waals surface area (Å²) >= 11 is 16.0. The highest BCUT2D eigenvalue weighted by atomic mass is 79.9. The highest BCUT2D eigenvalue weighted by Gasteiger charge is 2.22. The molecule has 1 N–H and O–H groups in total. The molecule has 0 bridgehead atoms. The lowest BCUT2D eigenvalue weighted by Gasteiger charge is -2.36. The zero-order valence-electron chi connectivity index (χ0n) is 11.2. The van der Waals surface area contributed by atoms with E-state index in [-0.39, 0.29) is 0 Å². The lowest BCUT2D eigenvalue weighted by Crippen LogP contribution is -2.51. The molecule has 0 amide bonds. The van der Waals surface area contributed by atoms with Crippen LogP contribution in [0.3, 0.4) is 0 Å². The van der Waals surface area contributed by atoms with Gasteiger partial charge in [0.1, 0.15) is 0 Å². The van der Waals surface area contributed by atoms with E-state index >= 15 is 0 Å². The van der Waals surface area contributed by atoms with Crippen molar-refractivity contribution < 1.29 is 0 Å². The van der Waals surface area contributed by atoms with Crippen LogP contribution in [0.2, 0.25) is 10.0 Å². The molecule has 1 saturated heterocycles. The van der Waals surface area contributed by atoms with E-state index in [0.29, 0.717) is 22.0 Å². The normalized spacial score (nSPS) is 20.1. The minimum absolute atomic E-state index is 0.521. The first-order valence-corrected chi connectivity index (χ1v) is 8.15. The van der Waals surface area contributed by atoms with Crippen LogP contribution >= 0.6 is 39.1 Å². The molecule has 1 aliphatic rings. The number of nitrogens with zero attached hydrogens (tertiary/aromatic N) is 1. The predicted octanol–water partition coefficient (Wildman–Crippen LogP) is 4.58. The summed E-state index contributed by atoms with van der Waals surface area (Å²) in [5.41, 5.74) is 1.03. The quantitative estimate of drug-likeness (QED) is 0.788. The highest BCUT2D eigenvalue weighted by Crippen LogP contribution is 2.38. The Hall–Kier alpha value is 0.0400. The van der Waals surface area contributed by atoms with Crippen molar-refractivity contribution >= 4 is 44.8 Å². The molecule has 2 rings (SSSR count). The molecular formula is C14H19BrCl2N2. The minimum atomic E-state index is 0.521. The van der Waals surface area contributed by atoms with Gasteiger partial charge in [0.2, 0.25) is 0 Å².